The first kappa shape index (κ1) is 17.5. The molecule has 0 aliphatic rings. The molecule has 5 nitrogen and oxygen atoms in total. The lowest BCUT2D eigenvalue weighted by atomic mass is 10.2. The van der Waals surface area contributed by atoms with Gasteiger partial charge in [0.15, 0.2) is 5.11 Å². The van der Waals surface area contributed by atoms with Gasteiger partial charge in [-0.2, -0.15) is 0 Å². The van der Waals surface area contributed by atoms with E-state index in [1.54, 1.807) is 11.0 Å². The van der Waals surface area contributed by atoms with Crippen LogP contribution in [0.15, 0.2) is 42.5 Å². The minimum atomic E-state index is -0.486. The van der Waals surface area contributed by atoms with Crippen LogP contribution in [0, 0.1) is 10.1 Å². The Balaban J connectivity index is 2.09. The summed E-state index contributed by atoms with van der Waals surface area (Å²) in [5.41, 5.74) is 1.33. The quantitative estimate of drug-likeness (QED) is 0.479. The average Bonchev–Trinajstić information content (AvgIpc) is 2.49. The zero-order valence-corrected chi connectivity index (χ0v) is 14.5. The Morgan fingerprint density at radius 2 is 2.04 bits per heavy atom. The first-order valence-corrected chi connectivity index (χ1v) is 7.74. The van der Waals surface area contributed by atoms with E-state index in [2.05, 4.69) is 5.32 Å². The van der Waals surface area contributed by atoms with Crippen LogP contribution in [-0.2, 0) is 6.54 Å². The van der Waals surface area contributed by atoms with Crippen molar-refractivity contribution in [1.82, 2.24) is 4.90 Å². The number of hydrogen-bond donors (Lipinski definition) is 1. The molecule has 0 aliphatic heterocycles. The van der Waals surface area contributed by atoms with Crippen molar-refractivity contribution in [3.05, 3.63) is 68.2 Å². The second-order valence-corrected chi connectivity index (χ2v) is 6.07. The molecule has 0 saturated carbocycles. The zero-order valence-electron chi connectivity index (χ0n) is 12.1. The molecule has 0 aliphatic carbocycles. The van der Waals surface area contributed by atoms with E-state index >= 15 is 0 Å². The second-order valence-electron chi connectivity index (χ2n) is 4.84. The molecule has 2 aromatic carbocycles. The van der Waals surface area contributed by atoms with Gasteiger partial charge in [-0.3, -0.25) is 10.1 Å². The van der Waals surface area contributed by atoms with Gasteiger partial charge in [0, 0.05) is 30.7 Å². The predicted molar refractivity (Wildman–Crippen MR) is 97.2 cm³/mol. The molecule has 120 valence electrons. The van der Waals surface area contributed by atoms with Gasteiger partial charge in [-0.15, -0.1) is 0 Å². The van der Waals surface area contributed by atoms with E-state index in [-0.39, 0.29) is 5.69 Å². The summed E-state index contributed by atoms with van der Waals surface area (Å²) < 4.78 is 0. The predicted octanol–water partition coefficient (Wildman–Crippen LogP) is 4.73. The van der Waals surface area contributed by atoms with Gasteiger partial charge in [0.1, 0.15) is 0 Å². The molecule has 0 bridgehead atoms. The summed E-state index contributed by atoms with van der Waals surface area (Å²) >= 11 is 17.3. The number of benzene rings is 2. The third kappa shape index (κ3) is 4.79. The molecule has 0 unspecified atom stereocenters. The van der Waals surface area contributed by atoms with Crippen molar-refractivity contribution in [3.8, 4) is 0 Å². The Morgan fingerprint density at radius 3 is 2.70 bits per heavy atom. The number of nitro groups is 1. The van der Waals surface area contributed by atoms with Crippen LogP contribution in [0.4, 0.5) is 11.4 Å². The van der Waals surface area contributed by atoms with Gasteiger partial charge in [0.25, 0.3) is 5.69 Å². The van der Waals surface area contributed by atoms with Crippen molar-refractivity contribution in [2.24, 2.45) is 0 Å². The summed E-state index contributed by atoms with van der Waals surface area (Å²) in [6, 6.07) is 11.6. The summed E-state index contributed by atoms with van der Waals surface area (Å²) in [5, 5.41) is 15.2. The maximum Gasteiger partial charge on any atom is 0.271 e. The molecule has 0 saturated heterocycles. The lowest BCUT2D eigenvalue weighted by Crippen LogP contribution is -2.30. The van der Waals surface area contributed by atoms with E-state index in [0.717, 1.165) is 5.56 Å². The van der Waals surface area contributed by atoms with Crippen LogP contribution in [0.1, 0.15) is 5.56 Å². The normalized spacial score (nSPS) is 10.2. The van der Waals surface area contributed by atoms with E-state index in [0.29, 0.717) is 27.4 Å². The monoisotopic (exact) mass is 369 g/mol. The molecule has 23 heavy (non-hydrogen) atoms. The topological polar surface area (TPSA) is 58.4 Å². The molecule has 0 radical (unpaired) electrons. The van der Waals surface area contributed by atoms with Gasteiger partial charge < -0.3 is 10.2 Å². The molecule has 8 heteroatoms. The number of hydrogen-bond acceptors (Lipinski definition) is 3. The molecular formula is C15H13Cl2N3O2S. The molecular weight excluding hydrogens is 357 g/mol. The van der Waals surface area contributed by atoms with E-state index < -0.39 is 4.92 Å². The Bertz CT molecular complexity index is 755. The van der Waals surface area contributed by atoms with Gasteiger partial charge >= 0.3 is 0 Å². The largest absolute Gasteiger partial charge is 0.348 e. The van der Waals surface area contributed by atoms with Crippen molar-refractivity contribution in [2.75, 3.05) is 12.4 Å². The number of thiocarbonyl (C=S) groups is 1. The number of halogens is 2. The minimum absolute atomic E-state index is 0.0582. The lowest BCUT2D eigenvalue weighted by Gasteiger charge is -2.21. The van der Waals surface area contributed by atoms with E-state index in [9.17, 15) is 10.1 Å². The first-order valence-electron chi connectivity index (χ1n) is 6.57. The highest BCUT2D eigenvalue weighted by molar-refractivity contribution is 7.80. The van der Waals surface area contributed by atoms with Gasteiger partial charge in [0.05, 0.1) is 15.6 Å². The minimum Gasteiger partial charge on any atom is -0.348 e. The third-order valence-electron chi connectivity index (χ3n) is 3.06. The van der Waals surface area contributed by atoms with E-state index in [1.807, 2.05) is 25.2 Å². The molecule has 2 aromatic rings. The SMILES string of the molecule is CN(Cc1cccc(Cl)c1)C(=S)Nc1cc([N+](=O)[O-])ccc1Cl. The standard InChI is InChI=1S/C15H13Cl2N3O2S/c1-19(9-10-3-2-4-11(16)7-10)15(23)18-14-8-12(20(21)22)5-6-13(14)17/h2-8H,9H2,1H3,(H,18,23). The Labute approximate surface area is 149 Å². The molecule has 0 heterocycles. The number of anilines is 1. The Hall–Kier alpha value is -1.89. The summed E-state index contributed by atoms with van der Waals surface area (Å²) in [5.74, 6) is 0. The van der Waals surface area contributed by atoms with Crippen molar-refractivity contribution in [1.29, 1.82) is 0 Å². The Kier molecular flexibility index (Phi) is 5.76. The van der Waals surface area contributed by atoms with E-state index in [4.69, 9.17) is 35.4 Å². The maximum absolute atomic E-state index is 10.8. The van der Waals surface area contributed by atoms with Crippen LogP contribution in [0.5, 0.6) is 0 Å². The van der Waals surface area contributed by atoms with Crippen molar-refractivity contribution in [2.45, 2.75) is 6.54 Å². The van der Waals surface area contributed by atoms with Crippen LogP contribution in [0.2, 0.25) is 10.0 Å². The van der Waals surface area contributed by atoms with Gasteiger partial charge in [-0.1, -0.05) is 35.3 Å². The number of rotatable bonds is 4. The fourth-order valence-corrected chi connectivity index (χ4v) is 2.47. The van der Waals surface area contributed by atoms with Gasteiger partial charge in [-0.25, -0.2) is 0 Å². The van der Waals surface area contributed by atoms with E-state index in [1.165, 1.54) is 18.2 Å². The fourth-order valence-electron chi connectivity index (χ4n) is 1.91. The molecule has 0 atom stereocenters. The smallest absolute Gasteiger partial charge is 0.271 e. The van der Waals surface area contributed by atoms with Crippen molar-refractivity contribution in [3.63, 3.8) is 0 Å². The molecule has 0 aromatic heterocycles. The maximum atomic E-state index is 10.8. The number of nitro benzene ring substituents is 1. The van der Waals surface area contributed by atoms with Crippen LogP contribution >= 0.6 is 35.4 Å². The average molecular weight is 370 g/mol. The summed E-state index contributed by atoms with van der Waals surface area (Å²) in [6.07, 6.45) is 0. The van der Waals surface area contributed by atoms with Crippen molar-refractivity contribution >= 4 is 51.9 Å². The second kappa shape index (κ2) is 7.59. The lowest BCUT2D eigenvalue weighted by molar-refractivity contribution is -0.384. The van der Waals surface area contributed by atoms with Crippen LogP contribution in [0.25, 0.3) is 0 Å². The highest BCUT2D eigenvalue weighted by atomic mass is 35.5. The highest BCUT2D eigenvalue weighted by Gasteiger charge is 2.12. The Morgan fingerprint density at radius 1 is 1.30 bits per heavy atom. The molecule has 0 amide bonds. The first-order chi connectivity index (χ1) is 10.9. The number of nitrogens with zero attached hydrogens (tertiary/aromatic N) is 2. The molecule has 0 fully saturated rings. The summed E-state index contributed by atoms with van der Waals surface area (Å²) in [7, 11) is 1.81. The number of nitrogens with one attached hydrogen (secondary N) is 1. The molecule has 2 rings (SSSR count). The number of non-ortho nitro benzene ring substituents is 1. The highest BCUT2D eigenvalue weighted by Crippen LogP contribution is 2.27. The summed E-state index contributed by atoms with van der Waals surface area (Å²) in [6.45, 7) is 0.541. The van der Waals surface area contributed by atoms with Crippen molar-refractivity contribution < 1.29 is 4.92 Å². The van der Waals surface area contributed by atoms with Crippen LogP contribution in [0.3, 0.4) is 0 Å². The van der Waals surface area contributed by atoms with Gasteiger partial charge in [-0.05, 0) is 36.0 Å². The van der Waals surface area contributed by atoms with Crippen LogP contribution in [-0.4, -0.2) is 22.0 Å². The van der Waals surface area contributed by atoms with Gasteiger partial charge in [0.2, 0.25) is 0 Å². The zero-order chi connectivity index (χ0) is 17.0. The fraction of sp³-hybridized carbons (Fsp3) is 0.133. The van der Waals surface area contributed by atoms with Crippen LogP contribution < -0.4 is 5.32 Å². The summed E-state index contributed by atoms with van der Waals surface area (Å²) in [4.78, 5) is 12.1. The molecule has 0 spiro atoms. The third-order valence-corrected chi connectivity index (χ3v) is 4.04. The molecule has 1 N–H and O–H groups in total.